The predicted octanol–water partition coefficient (Wildman–Crippen LogP) is 0.753. The number of benzene rings is 1. The third-order valence-corrected chi connectivity index (χ3v) is 4.43. The van der Waals surface area contributed by atoms with Gasteiger partial charge in [-0.25, -0.2) is 13.1 Å². The summed E-state index contributed by atoms with van der Waals surface area (Å²) in [7, 11) is -3.66. The van der Waals surface area contributed by atoms with E-state index in [1.807, 2.05) is 0 Å². The number of carboxylic acids is 1. The lowest BCUT2D eigenvalue weighted by atomic mass is 10.1. The first kappa shape index (κ1) is 16.6. The van der Waals surface area contributed by atoms with Crippen molar-refractivity contribution >= 4 is 16.0 Å². The van der Waals surface area contributed by atoms with Gasteiger partial charge >= 0.3 is 5.97 Å². The zero-order valence-electron chi connectivity index (χ0n) is 11.2. The van der Waals surface area contributed by atoms with E-state index < -0.39 is 22.0 Å². The summed E-state index contributed by atoms with van der Waals surface area (Å²) in [5, 5.41) is 17.6. The van der Waals surface area contributed by atoms with Gasteiger partial charge in [-0.2, -0.15) is 0 Å². The van der Waals surface area contributed by atoms with Gasteiger partial charge in [-0.3, -0.25) is 4.79 Å². The molecule has 0 saturated heterocycles. The molecule has 7 heteroatoms. The van der Waals surface area contributed by atoms with E-state index in [9.17, 15) is 13.2 Å². The van der Waals surface area contributed by atoms with Gasteiger partial charge in [0.05, 0.1) is 11.5 Å². The molecule has 0 aliphatic heterocycles. The van der Waals surface area contributed by atoms with E-state index in [1.165, 1.54) is 12.1 Å². The Balaban J connectivity index is 2.78. The summed E-state index contributed by atoms with van der Waals surface area (Å²) in [6.45, 7) is 1.52. The van der Waals surface area contributed by atoms with Gasteiger partial charge in [0.1, 0.15) is 0 Å². The van der Waals surface area contributed by atoms with E-state index in [0.29, 0.717) is 12.8 Å². The second kappa shape index (κ2) is 7.37. The highest BCUT2D eigenvalue weighted by molar-refractivity contribution is 7.89. The lowest BCUT2D eigenvalue weighted by molar-refractivity contribution is -0.136. The molecule has 1 aromatic carbocycles. The number of carboxylic acid groups (broad SMARTS) is 1. The zero-order chi connectivity index (χ0) is 15.2. The van der Waals surface area contributed by atoms with Crippen molar-refractivity contribution in [2.75, 3.05) is 6.61 Å². The topological polar surface area (TPSA) is 104 Å². The van der Waals surface area contributed by atoms with Crippen LogP contribution in [0.5, 0.6) is 0 Å². The summed E-state index contributed by atoms with van der Waals surface area (Å²) in [5.74, 6) is -0.892. The molecule has 0 unspecified atom stereocenters. The van der Waals surface area contributed by atoms with Crippen molar-refractivity contribution < 1.29 is 23.4 Å². The third-order valence-electron chi connectivity index (χ3n) is 2.90. The van der Waals surface area contributed by atoms with Crippen molar-refractivity contribution in [3.05, 3.63) is 29.8 Å². The first-order chi connectivity index (χ1) is 9.39. The summed E-state index contributed by atoms with van der Waals surface area (Å²) < 4.78 is 26.4. The summed E-state index contributed by atoms with van der Waals surface area (Å²) >= 11 is 0. The molecule has 112 valence electrons. The van der Waals surface area contributed by atoms with Gasteiger partial charge < -0.3 is 10.2 Å². The fraction of sp³-hybridized carbons (Fsp3) is 0.462. The van der Waals surface area contributed by atoms with Crippen LogP contribution in [-0.2, 0) is 21.2 Å². The van der Waals surface area contributed by atoms with Gasteiger partial charge in [-0.1, -0.05) is 19.1 Å². The Labute approximate surface area is 118 Å². The maximum atomic E-state index is 12.0. The van der Waals surface area contributed by atoms with Crippen LogP contribution >= 0.6 is 0 Å². The monoisotopic (exact) mass is 301 g/mol. The SMILES string of the molecule is CC[C@H](CO)NS(=O)(=O)c1ccc(CCC(=O)O)cc1. The number of aryl methyl sites for hydroxylation is 1. The molecule has 0 spiro atoms. The molecule has 0 fully saturated rings. The number of rotatable bonds is 8. The summed E-state index contributed by atoms with van der Waals surface area (Å²) in [5.41, 5.74) is 0.764. The van der Waals surface area contributed by atoms with Crippen molar-refractivity contribution in [3.63, 3.8) is 0 Å². The van der Waals surface area contributed by atoms with Crippen LogP contribution < -0.4 is 4.72 Å². The number of aliphatic hydroxyl groups is 1. The molecule has 0 aromatic heterocycles. The van der Waals surface area contributed by atoms with E-state index in [2.05, 4.69) is 4.72 Å². The van der Waals surface area contributed by atoms with Crippen LogP contribution in [0, 0.1) is 0 Å². The molecule has 0 amide bonds. The molecule has 0 bridgehead atoms. The lowest BCUT2D eigenvalue weighted by Crippen LogP contribution is -2.36. The quantitative estimate of drug-likeness (QED) is 0.657. The Kier molecular flexibility index (Phi) is 6.12. The fourth-order valence-electron chi connectivity index (χ4n) is 1.62. The van der Waals surface area contributed by atoms with Gasteiger partial charge in [0, 0.05) is 12.5 Å². The van der Waals surface area contributed by atoms with Crippen LogP contribution in [0.4, 0.5) is 0 Å². The molecular formula is C13H19NO5S. The minimum Gasteiger partial charge on any atom is -0.481 e. The van der Waals surface area contributed by atoms with Crippen LogP contribution in [0.2, 0.25) is 0 Å². The van der Waals surface area contributed by atoms with Crippen molar-refractivity contribution in [1.29, 1.82) is 0 Å². The van der Waals surface area contributed by atoms with Crippen LogP contribution in [-0.4, -0.2) is 37.2 Å². The predicted molar refractivity (Wildman–Crippen MR) is 73.9 cm³/mol. The molecule has 0 aliphatic rings. The molecule has 6 nitrogen and oxygen atoms in total. The normalized spacial score (nSPS) is 13.1. The molecule has 1 atom stereocenters. The Morgan fingerprint density at radius 3 is 2.35 bits per heavy atom. The maximum Gasteiger partial charge on any atom is 0.303 e. The summed E-state index contributed by atoms with van der Waals surface area (Å²) in [4.78, 5) is 10.6. The Morgan fingerprint density at radius 1 is 1.30 bits per heavy atom. The summed E-state index contributed by atoms with van der Waals surface area (Å²) in [6, 6.07) is 5.55. The largest absolute Gasteiger partial charge is 0.481 e. The smallest absolute Gasteiger partial charge is 0.303 e. The molecule has 20 heavy (non-hydrogen) atoms. The first-order valence-corrected chi connectivity index (χ1v) is 7.81. The average molecular weight is 301 g/mol. The van der Waals surface area contributed by atoms with Crippen molar-refractivity contribution in [2.45, 2.75) is 37.1 Å². The average Bonchev–Trinajstić information content (AvgIpc) is 2.43. The number of hydrogen-bond acceptors (Lipinski definition) is 4. The Bertz CT molecular complexity index is 534. The van der Waals surface area contributed by atoms with Crippen molar-refractivity contribution in [1.82, 2.24) is 4.72 Å². The van der Waals surface area contributed by atoms with Crippen LogP contribution in [0.25, 0.3) is 0 Å². The highest BCUT2D eigenvalue weighted by Gasteiger charge is 2.18. The molecular weight excluding hydrogens is 282 g/mol. The van der Waals surface area contributed by atoms with Crippen molar-refractivity contribution in [2.24, 2.45) is 0 Å². The number of sulfonamides is 1. The molecule has 3 N–H and O–H groups in total. The van der Waals surface area contributed by atoms with Crippen LogP contribution in [0.15, 0.2) is 29.2 Å². The lowest BCUT2D eigenvalue weighted by Gasteiger charge is -2.14. The van der Waals surface area contributed by atoms with Gasteiger partial charge in [0.15, 0.2) is 0 Å². The van der Waals surface area contributed by atoms with Gasteiger partial charge in [0.25, 0.3) is 0 Å². The Hall–Kier alpha value is -1.44. The molecule has 1 rings (SSSR count). The highest BCUT2D eigenvalue weighted by Crippen LogP contribution is 2.12. The second-order valence-corrected chi connectivity index (χ2v) is 6.16. The van der Waals surface area contributed by atoms with E-state index in [-0.39, 0.29) is 17.9 Å². The number of hydrogen-bond donors (Lipinski definition) is 3. The van der Waals surface area contributed by atoms with Gasteiger partial charge in [-0.05, 0) is 30.5 Å². The second-order valence-electron chi connectivity index (χ2n) is 4.45. The molecule has 0 radical (unpaired) electrons. The first-order valence-electron chi connectivity index (χ1n) is 6.33. The fourth-order valence-corrected chi connectivity index (χ4v) is 2.93. The summed E-state index contributed by atoms with van der Waals surface area (Å²) in [6.07, 6.45) is 0.858. The van der Waals surface area contributed by atoms with Crippen LogP contribution in [0.1, 0.15) is 25.3 Å². The number of aliphatic hydroxyl groups excluding tert-OH is 1. The Morgan fingerprint density at radius 2 is 1.90 bits per heavy atom. The highest BCUT2D eigenvalue weighted by atomic mass is 32.2. The molecule has 0 heterocycles. The number of carbonyl (C=O) groups is 1. The number of nitrogens with one attached hydrogen (secondary N) is 1. The molecule has 0 aliphatic carbocycles. The molecule has 0 saturated carbocycles. The minimum atomic E-state index is -3.66. The van der Waals surface area contributed by atoms with Gasteiger partial charge in [-0.15, -0.1) is 0 Å². The maximum absolute atomic E-state index is 12.0. The standard InChI is InChI=1S/C13H19NO5S/c1-2-11(9-15)14-20(18,19)12-6-3-10(4-7-12)5-8-13(16)17/h3-4,6-7,11,14-15H,2,5,8-9H2,1H3,(H,16,17)/t11-/m1/s1. The van der Waals surface area contributed by atoms with E-state index in [4.69, 9.17) is 10.2 Å². The van der Waals surface area contributed by atoms with E-state index >= 15 is 0 Å². The zero-order valence-corrected chi connectivity index (χ0v) is 12.1. The van der Waals surface area contributed by atoms with Crippen LogP contribution in [0.3, 0.4) is 0 Å². The minimum absolute atomic E-state index is 0.00671. The van der Waals surface area contributed by atoms with E-state index in [0.717, 1.165) is 5.56 Å². The number of aliphatic carboxylic acids is 1. The third kappa shape index (κ3) is 4.92. The van der Waals surface area contributed by atoms with Gasteiger partial charge in [0.2, 0.25) is 10.0 Å². The van der Waals surface area contributed by atoms with E-state index in [1.54, 1.807) is 19.1 Å². The molecule has 1 aromatic rings. The van der Waals surface area contributed by atoms with Crippen molar-refractivity contribution in [3.8, 4) is 0 Å².